The monoisotopic (exact) mass is 554 g/mol. The van der Waals surface area contributed by atoms with Crippen molar-refractivity contribution in [2.75, 3.05) is 43.9 Å². The first kappa shape index (κ1) is 26.0. The Kier molecular flexibility index (Phi) is 6.65. The van der Waals surface area contributed by atoms with Crippen LogP contribution in [0.25, 0.3) is 22.3 Å². The van der Waals surface area contributed by atoms with E-state index in [4.69, 9.17) is 14.7 Å². The Morgan fingerprint density at radius 1 is 1.05 bits per heavy atom. The second kappa shape index (κ2) is 10.5. The minimum absolute atomic E-state index is 0.204. The first-order valence-corrected chi connectivity index (χ1v) is 14.8. The van der Waals surface area contributed by atoms with Crippen molar-refractivity contribution in [3.8, 4) is 17.1 Å². The van der Waals surface area contributed by atoms with E-state index in [2.05, 4.69) is 50.4 Å². The number of anilines is 2. The molecule has 3 aliphatic rings. The lowest BCUT2D eigenvalue weighted by atomic mass is 9.97. The minimum Gasteiger partial charge on any atom is -0.477 e. The van der Waals surface area contributed by atoms with Crippen molar-refractivity contribution in [3.63, 3.8) is 0 Å². The summed E-state index contributed by atoms with van der Waals surface area (Å²) in [6, 6.07) is 10.0. The van der Waals surface area contributed by atoms with Crippen molar-refractivity contribution in [2.45, 2.75) is 39.2 Å². The number of hydrogen-bond acceptors (Lipinski definition) is 7. The van der Waals surface area contributed by atoms with Crippen LogP contribution in [0.3, 0.4) is 0 Å². The number of nitrogens with one attached hydrogen (secondary N) is 2. The number of imidazole rings is 1. The van der Waals surface area contributed by atoms with Crippen LogP contribution in [0.2, 0.25) is 0 Å². The number of amides is 1. The van der Waals surface area contributed by atoms with Gasteiger partial charge in [0.2, 0.25) is 11.8 Å². The molecule has 214 valence electrons. The fourth-order valence-corrected chi connectivity index (χ4v) is 6.42. The van der Waals surface area contributed by atoms with Crippen molar-refractivity contribution in [2.24, 2.45) is 24.8 Å². The first-order valence-electron chi connectivity index (χ1n) is 14.8. The molecule has 1 aliphatic carbocycles. The van der Waals surface area contributed by atoms with E-state index in [9.17, 15) is 4.79 Å². The van der Waals surface area contributed by atoms with Crippen molar-refractivity contribution >= 4 is 28.6 Å². The van der Waals surface area contributed by atoms with Crippen LogP contribution >= 0.6 is 0 Å². The maximum absolute atomic E-state index is 13.7. The highest BCUT2D eigenvalue weighted by molar-refractivity contribution is 6.05. The molecule has 2 N–H and O–H groups in total. The van der Waals surface area contributed by atoms with Gasteiger partial charge >= 0.3 is 0 Å². The molecule has 3 aromatic heterocycles. The van der Waals surface area contributed by atoms with Gasteiger partial charge in [-0.15, -0.1) is 0 Å². The van der Waals surface area contributed by atoms with E-state index in [1.54, 1.807) is 10.9 Å². The van der Waals surface area contributed by atoms with Crippen LogP contribution in [0.4, 0.5) is 11.6 Å². The van der Waals surface area contributed by atoms with Gasteiger partial charge in [-0.1, -0.05) is 0 Å². The molecule has 1 aromatic carbocycles. The van der Waals surface area contributed by atoms with Crippen LogP contribution in [-0.4, -0.2) is 68.4 Å². The molecule has 1 saturated carbocycles. The zero-order valence-corrected chi connectivity index (χ0v) is 24.1. The molecule has 1 atom stereocenters. The predicted octanol–water partition coefficient (Wildman–Crippen LogP) is 4.56. The summed E-state index contributed by atoms with van der Waals surface area (Å²) >= 11 is 0. The quantitative estimate of drug-likeness (QED) is 0.381. The maximum Gasteiger partial charge on any atom is 0.258 e. The Morgan fingerprint density at radius 2 is 1.90 bits per heavy atom. The number of fused-ring (bicyclic) bond motifs is 7. The summed E-state index contributed by atoms with van der Waals surface area (Å²) in [6.07, 6.45) is 6.26. The second-order valence-corrected chi connectivity index (χ2v) is 12.1. The highest BCUT2D eigenvalue weighted by Gasteiger charge is 2.32. The van der Waals surface area contributed by atoms with E-state index in [0.717, 1.165) is 67.0 Å². The van der Waals surface area contributed by atoms with E-state index in [1.807, 2.05) is 26.1 Å². The van der Waals surface area contributed by atoms with E-state index >= 15 is 0 Å². The summed E-state index contributed by atoms with van der Waals surface area (Å²) in [4.78, 5) is 25.7. The van der Waals surface area contributed by atoms with Crippen molar-refractivity contribution in [1.29, 1.82) is 0 Å². The molecule has 0 spiro atoms. The summed E-state index contributed by atoms with van der Waals surface area (Å²) < 4.78 is 10.2. The van der Waals surface area contributed by atoms with Crippen molar-refractivity contribution < 1.29 is 9.53 Å². The van der Waals surface area contributed by atoms with Crippen molar-refractivity contribution in [1.82, 2.24) is 29.2 Å². The molecule has 1 unspecified atom stereocenters. The van der Waals surface area contributed by atoms with Gasteiger partial charge in [0.1, 0.15) is 0 Å². The van der Waals surface area contributed by atoms with Gasteiger partial charge in [0, 0.05) is 56.1 Å². The lowest BCUT2D eigenvalue weighted by molar-refractivity contribution is 0.102. The number of likely N-dealkylation sites (tertiary alicyclic amines) is 1. The Balaban J connectivity index is 1.25. The molecule has 1 amide bonds. The smallest absolute Gasteiger partial charge is 0.258 e. The lowest BCUT2D eigenvalue weighted by Crippen LogP contribution is -2.46. The number of ether oxygens (including phenoxy) is 1. The number of aryl methyl sites for hydroxylation is 2. The molecule has 10 heteroatoms. The van der Waals surface area contributed by atoms with Crippen LogP contribution in [0.1, 0.15) is 41.7 Å². The molecule has 2 bridgehead atoms. The van der Waals surface area contributed by atoms with Crippen LogP contribution in [-0.2, 0) is 13.6 Å². The summed E-state index contributed by atoms with van der Waals surface area (Å²) in [5.74, 6) is 2.93. The second-order valence-electron chi connectivity index (χ2n) is 12.1. The van der Waals surface area contributed by atoms with Gasteiger partial charge in [-0.25, -0.2) is 9.67 Å². The molecule has 7 rings (SSSR count). The molecule has 2 fully saturated rings. The van der Waals surface area contributed by atoms with Crippen LogP contribution in [0.5, 0.6) is 5.88 Å². The van der Waals surface area contributed by atoms with Crippen LogP contribution in [0.15, 0.2) is 36.5 Å². The maximum atomic E-state index is 13.7. The normalized spacial score (nSPS) is 20.3. The number of aromatic nitrogens is 5. The largest absolute Gasteiger partial charge is 0.477 e. The fraction of sp³-hybridized carbons (Fsp3) is 0.484. The lowest BCUT2D eigenvalue weighted by Gasteiger charge is -2.36. The Bertz CT molecular complexity index is 1600. The third kappa shape index (κ3) is 5.28. The van der Waals surface area contributed by atoms with Crippen LogP contribution < -0.4 is 15.4 Å². The van der Waals surface area contributed by atoms with Gasteiger partial charge in [-0.3, -0.25) is 15.1 Å². The number of pyridine rings is 1. The van der Waals surface area contributed by atoms with E-state index < -0.39 is 0 Å². The van der Waals surface area contributed by atoms with Gasteiger partial charge in [-0.2, -0.15) is 5.10 Å². The standard InChI is InChI=1S/C31H38N8O2/c1-19-11-23-12-26(34-19)25-15-33-38(3)30(25)41-10-4-5-22(21-6-7-21)18-39-28-9-8-24(32-14-20-16-37(2)17-20)13-27(28)35-31(39)36-29(23)40/h8-9,11-13,15,20-22,32H,4-7,10,14,16-18H2,1-3H3,(H,35,36,40). The number of rotatable bonds is 4. The Morgan fingerprint density at radius 3 is 2.71 bits per heavy atom. The fourth-order valence-electron chi connectivity index (χ4n) is 6.42. The molecular formula is C31H38N8O2. The van der Waals surface area contributed by atoms with E-state index in [-0.39, 0.29) is 5.91 Å². The molecule has 1 saturated heterocycles. The van der Waals surface area contributed by atoms with Gasteiger partial charge < -0.3 is 19.5 Å². The number of nitrogens with zero attached hydrogens (tertiary/aromatic N) is 6. The van der Waals surface area contributed by atoms with Gasteiger partial charge in [0.15, 0.2) is 0 Å². The summed E-state index contributed by atoms with van der Waals surface area (Å²) in [5, 5.41) is 11.2. The molecule has 10 nitrogen and oxygen atoms in total. The molecule has 4 aromatic rings. The highest BCUT2D eigenvalue weighted by atomic mass is 16.5. The number of carbonyl (C=O) groups is 1. The van der Waals surface area contributed by atoms with E-state index in [1.165, 1.54) is 12.8 Å². The zero-order chi connectivity index (χ0) is 28.1. The first-order chi connectivity index (χ1) is 19.9. The Hall–Kier alpha value is -3.92. The van der Waals surface area contributed by atoms with Crippen molar-refractivity contribution in [3.05, 3.63) is 47.8 Å². The SMILES string of the molecule is Cc1cc2cc(n1)-c1cnn(C)c1OCCCC(C1CC1)Cn1c(nc3cc(NCC4CN(C)C4)ccc31)NC2=O. The van der Waals surface area contributed by atoms with Gasteiger partial charge in [0.25, 0.3) is 5.91 Å². The average molecular weight is 555 g/mol. The third-order valence-corrected chi connectivity index (χ3v) is 8.75. The molecule has 5 heterocycles. The van der Waals surface area contributed by atoms with Gasteiger partial charge in [-0.05, 0) is 81.8 Å². The average Bonchev–Trinajstić information content (AvgIpc) is 3.64. The third-order valence-electron chi connectivity index (χ3n) is 8.75. The van der Waals surface area contributed by atoms with E-state index in [0.29, 0.717) is 47.4 Å². The number of carbonyl (C=O) groups excluding carboxylic acids is 1. The molecule has 0 radical (unpaired) electrons. The number of hydrogen-bond donors (Lipinski definition) is 2. The Labute approximate surface area is 240 Å². The molecule has 41 heavy (non-hydrogen) atoms. The predicted molar refractivity (Wildman–Crippen MR) is 159 cm³/mol. The van der Waals surface area contributed by atoms with Gasteiger partial charge in [0.05, 0.1) is 35.1 Å². The zero-order valence-electron chi connectivity index (χ0n) is 24.1. The minimum atomic E-state index is -0.204. The highest BCUT2D eigenvalue weighted by Crippen LogP contribution is 2.41. The summed E-state index contributed by atoms with van der Waals surface area (Å²) in [7, 11) is 4.03. The topological polar surface area (TPSA) is 102 Å². The summed E-state index contributed by atoms with van der Waals surface area (Å²) in [6.45, 7) is 6.54. The summed E-state index contributed by atoms with van der Waals surface area (Å²) in [5.41, 5.74) is 5.75. The molecule has 2 aliphatic heterocycles. The molecular weight excluding hydrogens is 516 g/mol. The van der Waals surface area contributed by atoms with Crippen LogP contribution in [0, 0.1) is 24.7 Å². The number of benzene rings is 1.